The molecule has 0 spiro atoms. The molecule has 6 aromatic carbocycles. The Morgan fingerprint density at radius 1 is 0.397 bits per heavy atom. The van der Waals surface area contributed by atoms with Crippen molar-refractivity contribution in [3.63, 3.8) is 0 Å². The first-order chi connectivity index (χ1) is 27.2. The molecule has 2 aliphatic heterocycles. The lowest BCUT2D eigenvalue weighted by Gasteiger charge is -2.24. The summed E-state index contributed by atoms with van der Waals surface area (Å²) in [7, 11) is -7.70. The predicted octanol–water partition coefficient (Wildman–Crippen LogP) is 10.2. The van der Waals surface area contributed by atoms with Crippen LogP contribution >= 0.6 is 0 Å². The number of hydrogen-bond acceptors (Lipinski definition) is 4. The average Bonchev–Trinajstić information content (AvgIpc) is 3.79. The molecule has 58 heavy (non-hydrogen) atoms. The van der Waals surface area contributed by atoms with Gasteiger partial charge in [-0.2, -0.15) is 0 Å². The van der Waals surface area contributed by atoms with E-state index in [4.69, 9.17) is 0 Å². The fourth-order valence-electron chi connectivity index (χ4n) is 10.1. The van der Waals surface area contributed by atoms with Gasteiger partial charge in [-0.15, -0.1) is 0 Å². The minimum Gasteiger partial charge on any atom is -0.218 e. The molecule has 4 aliphatic rings. The number of hydrogen-bond donors (Lipinski definition) is 0. The third-order valence-corrected chi connectivity index (χ3v) is 16.6. The molecule has 6 heteroatoms. The molecule has 0 unspecified atom stereocenters. The number of aryl methyl sites for hydroxylation is 4. The summed E-state index contributed by atoms with van der Waals surface area (Å²) in [5, 5.41) is 3.61. The van der Waals surface area contributed by atoms with Crippen LogP contribution in [0, 0.1) is 27.7 Å². The largest absolute Gasteiger partial charge is 0.218 e. The second-order valence-corrected chi connectivity index (χ2v) is 22.5. The predicted molar refractivity (Wildman–Crippen MR) is 237 cm³/mol. The van der Waals surface area contributed by atoms with Gasteiger partial charge < -0.3 is 0 Å². The number of fused-ring (bicyclic) bond motifs is 9. The number of benzene rings is 6. The summed E-state index contributed by atoms with van der Waals surface area (Å²) < 4.78 is 58.9. The normalized spacial score (nSPS) is 17.1. The first-order valence-electron chi connectivity index (χ1n) is 20.0. The number of allylic oxidation sites excluding steroid dienone is 2. The monoisotopic (exact) mass is 798 g/mol. The molecule has 0 bridgehead atoms. The first kappa shape index (κ1) is 37.0. The van der Waals surface area contributed by atoms with Crippen molar-refractivity contribution < 1.29 is 16.8 Å². The highest BCUT2D eigenvalue weighted by atomic mass is 32.2. The van der Waals surface area contributed by atoms with Crippen LogP contribution in [0.4, 0.5) is 0 Å². The van der Waals surface area contributed by atoms with Crippen molar-refractivity contribution in [2.45, 2.75) is 89.9 Å². The number of rotatable bonds is 2. The molecule has 0 amide bonds. The highest BCUT2D eigenvalue weighted by Gasteiger charge is 2.45. The van der Waals surface area contributed by atoms with Gasteiger partial charge in [-0.1, -0.05) is 102 Å². The molecule has 290 valence electrons. The minimum absolute atomic E-state index is 0.0789. The SMILES string of the molecule is Cc1cc(C(C)(C)C)cc(C)c1C1=C2C(=c3cc4cc5c(cc4cc31)=C1C(=C5c3c(C)cc(C(C)(C)C)cc3C)S(=O)(=O)c3ccccc31)c1ccccc1S2(=O)=O. The maximum atomic E-state index is 14.7. The van der Waals surface area contributed by atoms with Crippen LogP contribution < -0.4 is 10.4 Å². The zero-order valence-electron chi connectivity index (χ0n) is 34.7. The zero-order chi connectivity index (χ0) is 41.2. The van der Waals surface area contributed by atoms with Gasteiger partial charge in [0, 0.05) is 33.4 Å². The van der Waals surface area contributed by atoms with Gasteiger partial charge >= 0.3 is 0 Å². The molecule has 4 nitrogen and oxygen atoms in total. The van der Waals surface area contributed by atoms with E-state index >= 15 is 0 Å². The van der Waals surface area contributed by atoms with E-state index in [-0.39, 0.29) is 10.8 Å². The third kappa shape index (κ3) is 4.85. The molecule has 0 saturated heterocycles. The van der Waals surface area contributed by atoms with Crippen molar-refractivity contribution in [1.29, 1.82) is 0 Å². The maximum absolute atomic E-state index is 14.7. The van der Waals surface area contributed by atoms with Crippen LogP contribution in [0.1, 0.15) is 108 Å². The van der Waals surface area contributed by atoms with E-state index in [0.29, 0.717) is 19.6 Å². The Morgan fingerprint density at radius 3 is 1.05 bits per heavy atom. The molecule has 6 aromatic rings. The van der Waals surface area contributed by atoms with E-state index < -0.39 is 19.7 Å². The van der Waals surface area contributed by atoms with E-state index in [1.54, 1.807) is 24.3 Å². The van der Waals surface area contributed by atoms with Crippen molar-refractivity contribution >= 4 is 52.7 Å². The Bertz CT molecular complexity index is 3120. The zero-order valence-corrected chi connectivity index (χ0v) is 36.3. The fourth-order valence-corrected chi connectivity index (χ4v) is 13.9. The smallest absolute Gasteiger partial charge is 0.208 e. The van der Waals surface area contributed by atoms with Crippen molar-refractivity contribution in [3.05, 3.63) is 184 Å². The van der Waals surface area contributed by atoms with Crippen LogP contribution in [-0.4, -0.2) is 16.8 Å². The molecule has 0 aromatic heterocycles. The minimum atomic E-state index is -3.85. The summed E-state index contributed by atoms with van der Waals surface area (Å²) in [6.07, 6.45) is 0. The van der Waals surface area contributed by atoms with Crippen molar-refractivity contribution in [1.82, 2.24) is 0 Å². The highest BCUT2D eigenvalue weighted by Crippen LogP contribution is 2.53. The van der Waals surface area contributed by atoms with E-state index in [9.17, 15) is 16.8 Å². The summed E-state index contributed by atoms with van der Waals surface area (Å²) in [5.41, 5.74) is 14.4. The van der Waals surface area contributed by atoms with Crippen LogP contribution in [0.25, 0.3) is 33.1 Å². The molecule has 2 heterocycles. The standard InChI is InChI=1S/C52H46O4S2/c1-27-19-33(51(5,6)7)20-28(2)43(27)47-39-25-31-24-38-40(26-32(31)23-37(39)45-35-15-11-13-17-41(35)57(53,54)49(45)47)48(44-29(3)21-34(22-30(44)4)52(8,9)10)50-46(38)36-16-12-14-18-42(36)58(50,55)56/h11-26H,1-10H3. The van der Waals surface area contributed by atoms with Gasteiger partial charge in [-0.3, -0.25) is 0 Å². The van der Waals surface area contributed by atoms with Crippen LogP contribution in [0.3, 0.4) is 0 Å². The molecular formula is C52H46O4S2. The number of sulfone groups is 2. The fraction of sp³-hybridized carbons (Fsp3) is 0.231. The van der Waals surface area contributed by atoms with Gasteiger partial charge in [-0.25, -0.2) is 16.8 Å². The summed E-state index contributed by atoms with van der Waals surface area (Å²) >= 11 is 0. The Kier molecular flexibility index (Phi) is 7.45. The Balaban J connectivity index is 1.33. The van der Waals surface area contributed by atoms with Gasteiger partial charge in [0.15, 0.2) is 0 Å². The van der Waals surface area contributed by atoms with Gasteiger partial charge in [-0.05, 0) is 152 Å². The molecule has 0 N–H and O–H groups in total. The quantitative estimate of drug-likeness (QED) is 0.175. The Hall–Kier alpha value is -5.30. The molecule has 2 aliphatic carbocycles. The Labute approximate surface area is 341 Å². The average molecular weight is 799 g/mol. The summed E-state index contributed by atoms with van der Waals surface area (Å²) in [4.78, 5) is 1.42. The molecule has 10 rings (SSSR count). The molecular weight excluding hydrogens is 753 g/mol. The lowest BCUT2D eigenvalue weighted by molar-refractivity contribution is 0.589. The second kappa shape index (κ2) is 11.7. The molecule has 0 fully saturated rings. The molecule has 0 radical (unpaired) electrons. The van der Waals surface area contributed by atoms with Gasteiger partial charge in [0.25, 0.3) is 0 Å². The van der Waals surface area contributed by atoms with E-state index in [0.717, 1.165) is 99.1 Å². The van der Waals surface area contributed by atoms with Gasteiger partial charge in [0.1, 0.15) is 0 Å². The highest BCUT2D eigenvalue weighted by molar-refractivity contribution is 7.97. The van der Waals surface area contributed by atoms with E-state index in [2.05, 4.69) is 118 Å². The lowest BCUT2D eigenvalue weighted by Crippen LogP contribution is -2.14. The second-order valence-electron chi connectivity index (χ2n) is 18.8. The van der Waals surface area contributed by atoms with Crippen LogP contribution in [-0.2, 0) is 30.5 Å². The first-order valence-corrected chi connectivity index (χ1v) is 23.0. The van der Waals surface area contributed by atoms with Crippen molar-refractivity contribution in [2.75, 3.05) is 0 Å². The summed E-state index contributed by atoms with van der Waals surface area (Å²) in [6, 6.07) is 32.1. The van der Waals surface area contributed by atoms with Crippen molar-refractivity contribution in [3.8, 4) is 0 Å². The molecule has 0 atom stereocenters. The third-order valence-electron chi connectivity index (χ3n) is 12.8. The van der Waals surface area contributed by atoms with Crippen LogP contribution in [0.2, 0.25) is 0 Å². The molecule has 0 saturated carbocycles. The summed E-state index contributed by atoms with van der Waals surface area (Å²) in [6.45, 7) is 21.5. The van der Waals surface area contributed by atoms with E-state index in [1.165, 1.54) is 11.1 Å². The van der Waals surface area contributed by atoms with E-state index in [1.807, 2.05) is 24.3 Å². The Morgan fingerprint density at radius 2 is 0.724 bits per heavy atom. The van der Waals surface area contributed by atoms with Crippen LogP contribution in [0.5, 0.6) is 0 Å². The maximum Gasteiger partial charge on any atom is 0.208 e. The van der Waals surface area contributed by atoms with Crippen molar-refractivity contribution in [2.24, 2.45) is 0 Å². The summed E-state index contributed by atoms with van der Waals surface area (Å²) in [5.74, 6) is 0. The van der Waals surface area contributed by atoms with Gasteiger partial charge in [0.2, 0.25) is 19.7 Å². The lowest BCUT2D eigenvalue weighted by atomic mass is 9.81. The van der Waals surface area contributed by atoms with Gasteiger partial charge in [0.05, 0.1) is 19.6 Å². The van der Waals surface area contributed by atoms with Crippen LogP contribution in [0.15, 0.2) is 117 Å². The topological polar surface area (TPSA) is 68.3 Å².